The minimum Gasteiger partial charge on any atom is -0.497 e. The maximum absolute atomic E-state index is 12.5. The highest BCUT2D eigenvalue weighted by molar-refractivity contribution is 6.05. The Morgan fingerprint density at radius 2 is 1.64 bits per heavy atom. The molecule has 0 radical (unpaired) electrons. The van der Waals surface area contributed by atoms with Gasteiger partial charge in [0, 0.05) is 30.2 Å². The van der Waals surface area contributed by atoms with E-state index in [4.69, 9.17) is 14.6 Å². The van der Waals surface area contributed by atoms with E-state index in [1.165, 1.54) is 14.2 Å². The highest BCUT2D eigenvalue weighted by atomic mass is 16.5. The predicted molar refractivity (Wildman–Crippen MR) is 104 cm³/mol. The molecule has 2 rings (SSSR count). The molecule has 0 heterocycles. The molecule has 8 nitrogen and oxygen atoms in total. The topological polar surface area (TPSA) is 114 Å². The first-order valence-corrected chi connectivity index (χ1v) is 8.58. The van der Waals surface area contributed by atoms with Gasteiger partial charge >= 0.3 is 5.97 Å². The molecule has 0 aliphatic carbocycles. The average Bonchev–Trinajstić information content (AvgIpc) is 2.68. The number of carbonyl (C=O) groups is 3. The fourth-order valence-electron chi connectivity index (χ4n) is 2.43. The minimum absolute atomic E-state index is 0.0553. The number of methoxy groups -OCH3 is 2. The summed E-state index contributed by atoms with van der Waals surface area (Å²) in [5.41, 5.74) is 1.40. The van der Waals surface area contributed by atoms with E-state index >= 15 is 0 Å². The molecule has 0 fully saturated rings. The molecule has 2 aromatic carbocycles. The molecule has 0 spiro atoms. The first-order chi connectivity index (χ1) is 13.4. The number of benzene rings is 2. The van der Waals surface area contributed by atoms with Crippen LogP contribution in [0.5, 0.6) is 11.5 Å². The number of amides is 2. The van der Waals surface area contributed by atoms with Gasteiger partial charge in [-0.25, -0.2) is 0 Å². The van der Waals surface area contributed by atoms with Crippen molar-refractivity contribution in [2.75, 3.05) is 24.9 Å². The van der Waals surface area contributed by atoms with E-state index in [0.29, 0.717) is 28.4 Å². The molecule has 2 amide bonds. The van der Waals surface area contributed by atoms with Gasteiger partial charge in [-0.3, -0.25) is 14.4 Å². The summed E-state index contributed by atoms with van der Waals surface area (Å²) in [6, 6.07) is 11.4. The van der Waals surface area contributed by atoms with Gasteiger partial charge in [-0.2, -0.15) is 0 Å². The molecular weight excluding hydrogens is 364 g/mol. The van der Waals surface area contributed by atoms with E-state index in [9.17, 15) is 14.4 Å². The van der Waals surface area contributed by atoms with E-state index in [-0.39, 0.29) is 31.1 Å². The Labute approximate surface area is 162 Å². The Morgan fingerprint density at radius 3 is 2.25 bits per heavy atom. The summed E-state index contributed by atoms with van der Waals surface area (Å²) < 4.78 is 10.4. The van der Waals surface area contributed by atoms with Crippen LogP contribution in [0.4, 0.5) is 11.4 Å². The van der Waals surface area contributed by atoms with Crippen LogP contribution < -0.4 is 20.1 Å². The normalized spacial score (nSPS) is 10.1. The Hall–Kier alpha value is -3.55. The summed E-state index contributed by atoms with van der Waals surface area (Å²) in [6.45, 7) is 0. The maximum atomic E-state index is 12.5. The number of carboxylic acids is 1. The molecule has 0 aromatic heterocycles. The lowest BCUT2D eigenvalue weighted by atomic mass is 10.1. The van der Waals surface area contributed by atoms with Gasteiger partial charge in [0.1, 0.15) is 11.5 Å². The zero-order chi connectivity index (χ0) is 20.5. The van der Waals surface area contributed by atoms with E-state index in [0.717, 1.165) is 0 Å². The smallest absolute Gasteiger partial charge is 0.303 e. The number of carboxylic acid groups (broad SMARTS) is 1. The fraction of sp³-hybridized carbons (Fsp3) is 0.250. The number of ether oxygens (including phenoxy) is 2. The number of aliphatic carboxylic acids is 1. The fourth-order valence-corrected chi connectivity index (χ4v) is 2.43. The van der Waals surface area contributed by atoms with Gasteiger partial charge in [-0.05, 0) is 42.8 Å². The number of hydrogen-bond donors (Lipinski definition) is 3. The highest BCUT2D eigenvalue weighted by Crippen LogP contribution is 2.29. The molecule has 0 atom stereocenters. The molecule has 0 aliphatic heterocycles. The first kappa shape index (κ1) is 20.8. The van der Waals surface area contributed by atoms with Crippen molar-refractivity contribution in [2.45, 2.75) is 19.3 Å². The van der Waals surface area contributed by atoms with Gasteiger partial charge in [0.15, 0.2) is 0 Å². The molecule has 8 heteroatoms. The molecular formula is C20H22N2O6. The van der Waals surface area contributed by atoms with Crippen molar-refractivity contribution in [3.63, 3.8) is 0 Å². The average molecular weight is 386 g/mol. The third-order valence-electron chi connectivity index (χ3n) is 3.88. The molecule has 28 heavy (non-hydrogen) atoms. The van der Waals surface area contributed by atoms with Crippen molar-refractivity contribution in [3.8, 4) is 11.5 Å². The third-order valence-corrected chi connectivity index (χ3v) is 3.88. The largest absolute Gasteiger partial charge is 0.497 e. The van der Waals surface area contributed by atoms with Gasteiger partial charge < -0.3 is 25.2 Å². The lowest BCUT2D eigenvalue weighted by Gasteiger charge is -2.12. The summed E-state index contributed by atoms with van der Waals surface area (Å²) in [5, 5.41) is 14.0. The van der Waals surface area contributed by atoms with Crippen LogP contribution in [0.2, 0.25) is 0 Å². The first-order valence-electron chi connectivity index (χ1n) is 8.58. The zero-order valence-corrected chi connectivity index (χ0v) is 15.7. The SMILES string of the molecule is COc1ccc(OC)c(NC(=O)c2ccc(NC(=O)CCCC(=O)O)cc2)c1. The monoisotopic (exact) mass is 386 g/mol. The van der Waals surface area contributed by atoms with Crippen LogP contribution >= 0.6 is 0 Å². The Bertz CT molecular complexity index is 848. The van der Waals surface area contributed by atoms with Gasteiger partial charge in [-0.15, -0.1) is 0 Å². The molecule has 2 aromatic rings. The highest BCUT2D eigenvalue weighted by Gasteiger charge is 2.12. The van der Waals surface area contributed by atoms with E-state index in [1.54, 1.807) is 42.5 Å². The van der Waals surface area contributed by atoms with Crippen LogP contribution in [0.15, 0.2) is 42.5 Å². The van der Waals surface area contributed by atoms with Gasteiger partial charge in [-0.1, -0.05) is 0 Å². The summed E-state index contributed by atoms with van der Waals surface area (Å²) in [6.07, 6.45) is 0.328. The number of anilines is 2. The van der Waals surface area contributed by atoms with Crippen LogP contribution in [0.1, 0.15) is 29.6 Å². The molecule has 0 bridgehead atoms. The van der Waals surface area contributed by atoms with Crippen molar-refractivity contribution in [1.82, 2.24) is 0 Å². The van der Waals surface area contributed by atoms with Crippen molar-refractivity contribution in [2.24, 2.45) is 0 Å². The predicted octanol–water partition coefficient (Wildman–Crippen LogP) is 3.15. The Kier molecular flexibility index (Phi) is 7.38. The standard InChI is InChI=1S/C20H22N2O6/c1-27-15-10-11-17(28-2)16(12-15)22-20(26)13-6-8-14(9-7-13)21-18(23)4-3-5-19(24)25/h6-12H,3-5H2,1-2H3,(H,21,23)(H,22,26)(H,24,25). The van der Waals surface area contributed by atoms with Crippen molar-refractivity contribution >= 4 is 29.2 Å². The van der Waals surface area contributed by atoms with Crippen LogP contribution in [0, 0.1) is 0 Å². The quantitative estimate of drug-likeness (QED) is 0.610. The second kappa shape index (κ2) is 9.96. The van der Waals surface area contributed by atoms with Crippen LogP contribution in [0.25, 0.3) is 0 Å². The molecule has 0 unspecified atom stereocenters. The number of carbonyl (C=O) groups excluding carboxylic acids is 2. The van der Waals surface area contributed by atoms with Crippen molar-refractivity contribution in [3.05, 3.63) is 48.0 Å². The van der Waals surface area contributed by atoms with Crippen molar-refractivity contribution in [1.29, 1.82) is 0 Å². The lowest BCUT2D eigenvalue weighted by Crippen LogP contribution is -2.14. The van der Waals surface area contributed by atoms with Gasteiger partial charge in [0.2, 0.25) is 5.91 Å². The van der Waals surface area contributed by atoms with Gasteiger partial charge in [0.05, 0.1) is 19.9 Å². The van der Waals surface area contributed by atoms with Crippen LogP contribution in [0.3, 0.4) is 0 Å². The summed E-state index contributed by atoms with van der Waals surface area (Å²) in [7, 11) is 3.04. The van der Waals surface area contributed by atoms with Crippen LogP contribution in [-0.4, -0.2) is 37.1 Å². The zero-order valence-electron chi connectivity index (χ0n) is 15.7. The number of rotatable bonds is 9. The van der Waals surface area contributed by atoms with E-state index in [1.807, 2.05) is 0 Å². The summed E-state index contributed by atoms with van der Waals surface area (Å²) >= 11 is 0. The second-order valence-electron chi connectivity index (χ2n) is 5.89. The second-order valence-corrected chi connectivity index (χ2v) is 5.89. The summed E-state index contributed by atoms with van der Waals surface area (Å²) in [4.78, 5) is 34.7. The number of hydrogen-bond acceptors (Lipinski definition) is 5. The Morgan fingerprint density at radius 1 is 0.929 bits per heavy atom. The summed E-state index contributed by atoms with van der Waals surface area (Å²) in [5.74, 6) is -0.474. The minimum atomic E-state index is -0.934. The molecule has 3 N–H and O–H groups in total. The maximum Gasteiger partial charge on any atom is 0.303 e. The molecule has 0 saturated carbocycles. The lowest BCUT2D eigenvalue weighted by molar-refractivity contribution is -0.137. The third kappa shape index (κ3) is 6.01. The molecule has 0 aliphatic rings. The van der Waals surface area contributed by atoms with E-state index < -0.39 is 5.97 Å². The van der Waals surface area contributed by atoms with Crippen LogP contribution in [-0.2, 0) is 9.59 Å². The Balaban J connectivity index is 1.98. The molecule has 148 valence electrons. The van der Waals surface area contributed by atoms with Crippen molar-refractivity contribution < 1.29 is 29.0 Å². The number of nitrogens with one attached hydrogen (secondary N) is 2. The van der Waals surface area contributed by atoms with E-state index in [2.05, 4.69) is 10.6 Å². The molecule has 0 saturated heterocycles. The van der Waals surface area contributed by atoms with Gasteiger partial charge in [0.25, 0.3) is 5.91 Å².